The van der Waals surface area contributed by atoms with E-state index in [-0.39, 0.29) is 24.0 Å². The largest absolute Gasteiger partial charge is 0.353 e. The second kappa shape index (κ2) is 10.2. The first kappa shape index (κ1) is 21.1. The van der Waals surface area contributed by atoms with Gasteiger partial charge < -0.3 is 14.8 Å². The van der Waals surface area contributed by atoms with Crippen LogP contribution >= 0.6 is 24.0 Å². The summed E-state index contributed by atoms with van der Waals surface area (Å²) >= 11 is 0. The molecule has 25 heavy (non-hydrogen) atoms. The van der Waals surface area contributed by atoms with Gasteiger partial charge in [0.25, 0.3) is 0 Å². The fourth-order valence-electron chi connectivity index (χ4n) is 2.25. The Morgan fingerprint density at radius 3 is 2.52 bits per heavy atom. The minimum atomic E-state index is 0. The van der Waals surface area contributed by atoms with Crippen LogP contribution in [0.2, 0.25) is 0 Å². The summed E-state index contributed by atoms with van der Waals surface area (Å²) in [6.07, 6.45) is 1.82. The van der Waals surface area contributed by atoms with Crippen LogP contribution in [0.1, 0.15) is 22.8 Å². The molecule has 0 amide bonds. The van der Waals surface area contributed by atoms with Gasteiger partial charge in [-0.1, -0.05) is 35.9 Å². The molecule has 0 unspecified atom stereocenters. The number of benzene rings is 1. The Hall–Kier alpha value is -1.90. The van der Waals surface area contributed by atoms with E-state index < -0.39 is 0 Å². The van der Waals surface area contributed by atoms with Crippen LogP contribution in [0, 0.1) is 13.8 Å². The summed E-state index contributed by atoms with van der Waals surface area (Å²) in [7, 11) is 3.98. The zero-order chi connectivity index (χ0) is 17.5. The standard InChI is InChI=1S/C18H26N6.HI/c1-6-11-19-18(20-12-17-22-21-15(3)24(17)5)23(4)13-16-9-7-14(2)8-10-16;/h6-10H,1,11-13H2,2-5H3,(H,19,20);1H. The van der Waals surface area contributed by atoms with E-state index in [2.05, 4.69) is 63.2 Å². The van der Waals surface area contributed by atoms with Gasteiger partial charge in [-0.05, 0) is 19.4 Å². The molecule has 0 aliphatic rings. The van der Waals surface area contributed by atoms with Crippen molar-refractivity contribution in [2.45, 2.75) is 26.9 Å². The zero-order valence-electron chi connectivity index (χ0n) is 15.4. The lowest BCUT2D eigenvalue weighted by atomic mass is 10.1. The zero-order valence-corrected chi connectivity index (χ0v) is 17.7. The number of hydrogen-bond donors (Lipinski definition) is 1. The highest BCUT2D eigenvalue weighted by Gasteiger charge is 2.09. The van der Waals surface area contributed by atoms with Crippen LogP contribution < -0.4 is 5.32 Å². The molecule has 0 atom stereocenters. The van der Waals surface area contributed by atoms with Crippen LogP contribution in [0.3, 0.4) is 0 Å². The van der Waals surface area contributed by atoms with Gasteiger partial charge in [-0.2, -0.15) is 0 Å². The number of aromatic nitrogens is 3. The molecular weight excluding hydrogens is 427 g/mol. The van der Waals surface area contributed by atoms with E-state index in [9.17, 15) is 0 Å². The van der Waals surface area contributed by atoms with Crippen molar-refractivity contribution < 1.29 is 0 Å². The molecule has 1 aromatic carbocycles. The maximum atomic E-state index is 4.68. The van der Waals surface area contributed by atoms with Crippen LogP contribution in [0.4, 0.5) is 0 Å². The molecule has 0 saturated heterocycles. The smallest absolute Gasteiger partial charge is 0.194 e. The number of hydrogen-bond acceptors (Lipinski definition) is 3. The first-order valence-corrected chi connectivity index (χ1v) is 8.02. The molecule has 0 aliphatic carbocycles. The minimum absolute atomic E-state index is 0. The van der Waals surface area contributed by atoms with Gasteiger partial charge in [0.2, 0.25) is 0 Å². The average molecular weight is 454 g/mol. The molecule has 0 spiro atoms. The molecule has 1 heterocycles. The first-order chi connectivity index (χ1) is 11.5. The molecule has 0 bridgehead atoms. The second-order valence-electron chi connectivity index (χ2n) is 5.87. The Kier molecular flexibility index (Phi) is 8.60. The molecule has 0 saturated carbocycles. The molecule has 0 fully saturated rings. The number of rotatable bonds is 6. The van der Waals surface area contributed by atoms with Crippen molar-refractivity contribution in [3.63, 3.8) is 0 Å². The van der Waals surface area contributed by atoms with E-state index in [0.29, 0.717) is 13.1 Å². The predicted molar refractivity (Wildman–Crippen MR) is 113 cm³/mol. The maximum Gasteiger partial charge on any atom is 0.194 e. The van der Waals surface area contributed by atoms with Crippen LogP contribution in [0.25, 0.3) is 0 Å². The third-order valence-electron chi connectivity index (χ3n) is 3.86. The third kappa shape index (κ3) is 6.15. The molecule has 2 rings (SSSR count). The van der Waals surface area contributed by atoms with Crippen molar-refractivity contribution in [1.82, 2.24) is 25.0 Å². The predicted octanol–water partition coefficient (Wildman–Crippen LogP) is 2.81. The van der Waals surface area contributed by atoms with Gasteiger partial charge >= 0.3 is 0 Å². The van der Waals surface area contributed by atoms with E-state index in [1.165, 1.54) is 11.1 Å². The third-order valence-corrected chi connectivity index (χ3v) is 3.86. The highest BCUT2D eigenvalue weighted by Crippen LogP contribution is 2.07. The molecule has 136 valence electrons. The molecule has 1 aromatic heterocycles. The van der Waals surface area contributed by atoms with Gasteiger partial charge in [0.1, 0.15) is 12.4 Å². The average Bonchev–Trinajstić information content (AvgIpc) is 2.89. The Morgan fingerprint density at radius 2 is 1.96 bits per heavy atom. The van der Waals surface area contributed by atoms with Crippen molar-refractivity contribution in [3.05, 3.63) is 59.7 Å². The van der Waals surface area contributed by atoms with E-state index in [1.54, 1.807) is 0 Å². The number of aliphatic imine (C=N–C) groups is 1. The Morgan fingerprint density at radius 1 is 1.28 bits per heavy atom. The molecule has 6 nitrogen and oxygen atoms in total. The lowest BCUT2D eigenvalue weighted by Gasteiger charge is -2.22. The number of aryl methyl sites for hydroxylation is 2. The van der Waals surface area contributed by atoms with Crippen molar-refractivity contribution in [1.29, 1.82) is 0 Å². The first-order valence-electron chi connectivity index (χ1n) is 8.02. The van der Waals surface area contributed by atoms with Crippen molar-refractivity contribution in [3.8, 4) is 0 Å². The van der Waals surface area contributed by atoms with E-state index in [1.807, 2.05) is 31.7 Å². The van der Waals surface area contributed by atoms with Gasteiger partial charge in [0.05, 0.1) is 0 Å². The fraction of sp³-hybridized carbons (Fsp3) is 0.389. The topological polar surface area (TPSA) is 58.3 Å². The minimum Gasteiger partial charge on any atom is -0.353 e. The van der Waals surface area contributed by atoms with Crippen molar-refractivity contribution in [2.75, 3.05) is 13.6 Å². The molecule has 0 aliphatic heterocycles. The molecule has 1 N–H and O–H groups in total. The highest BCUT2D eigenvalue weighted by atomic mass is 127. The van der Waals surface area contributed by atoms with Crippen molar-refractivity contribution in [2.24, 2.45) is 12.0 Å². The fourth-order valence-corrected chi connectivity index (χ4v) is 2.25. The lowest BCUT2D eigenvalue weighted by molar-refractivity contribution is 0.477. The summed E-state index contributed by atoms with van der Waals surface area (Å²) in [6.45, 7) is 9.70. The van der Waals surface area contributed by atoms with Crippen LogP contribution in [0.15, 0.2) is 41.9 Å². The van der Waals surface area contributed by atoms with Crippen molar-refractivity contribution >= 4 is 29.9 Å². The van der Waals surface area contributed by atoms with Gasteiger partial charge in [-0.3, -0.25) is 0 Å². The number of nitrogens with zero attached hydrogens (tertiary/aromatic N) is 5. The quantitative estimate of drug-likeness (QED) is 0.316. The summed E-state index contributed by atoms with van der Waals surface area (Å²) in [5, 5.41) is 11.5. The van der Waals surface area contributed by atoms with E-state index in [4.69, 9.17) is 0 Å². The van der Waals surface area contributed by atoms with Gasteiger partial charge in [0.15, 0.2) is 11.8 Å². The van der Waals surface area contributed by atoms with Gasteiger partial charge in [0, 0.05) is 27.2 Å². The van der Waals surface area contributed by atoms with E-state index in [0.717, 1.165) is 24.2 Å². The SMILES string of the molecule is C=CCNC(=NCc1nnc(C)n1C)N(C)Cc1ccc(C)cc1.I. The monoisotopic (exact) mass is 454 g/mol. The van der Waals surface area contributed by atoms with Gasteiger partial charge in [-0.15, -0.1) is 40.8 Å². The van der Waals surface area contributed by atoms with Crippen LogP contribution in [-0.4, -0.2) is 39.2 Å². The summed E-state index contributed by atoms with van der Waals surface area (Å²) in [6, 6.07) is 8.53. The summed E-state index contributed by atoms with van der Waals surface area (Å²) in [5.74, 6) is 2.54. The normalized spacial score (nSPS) is 11.0. The van der Waals surface area contributed by atoms with E-state index >= 15 is 0 Å². The lowest BCUT2D eigenvalue weighted by Crippen LogP contribution is -2.38. The summed E-state index contributed by atoms with van der Waals surface area (Å²) in [4.78, 5) is 6.77. The number of guanidine groups is 1. The summed E-state index contributed by atoms with van der Waals surface area (Å²) in [5.41, 5.74) is 2.50. The summed E-state index contributed by atoms with van der Waals surface area (Å²) < 4.78 is 1.95. The Bertz CT molecular complexity index is 705. The number of nitrogens with one attached hydrogen (secondary N) is 1. The van der Waals surface area contributed by atoms with Crippen LogP contribution in [0.5, 0.6) is 0 Å². The number of halogens is 1. The van der Waals surface area contributed by atoms with Gasteiger partial charge in [-0.25, -0.2) is 4.99 Å². The van der Waals surface area contributed by atoms with Crippen LogP contribution in [-0.2, 0) is 20.1 Å². The molecular formula is C18H27IN6. The molecule has 2 aromatic rings. The molecule has 0 radical (unpaired) electrons. The maximum absolute atomic E-state index is 4.68. The second-order valence-corrected chi connectivity index (χ2v) is 5.87. The molecule has 7 heteroatoms. The Labute approximate surface area is 167 Å². The highest BCUT2D eigenvalue weighted by molar-refractivity contribution is 14.0. The Balaban J connectivity index is 0.00000312.